The fourth-order valence-corrected chi connectivity index (χ4v) is 2.71. The normalized spacial score (nSPS) is 11.1. The lowest BCUT2D eigenvalue weighted by molar-refractivity contribution is 0.801. The highest BCUT2D eigenvalue weighted by molar-refractivity contribution is 9.10. The zero-order chi connectivity index (χ0) is 14.0. The lowest BCUT2D eigenvalue weighted by Gasteiger charge is -2.12. The molecule has 1 aromatic heterocycles. The number of halogens is 2. The Morgan fingerprint density at radius 3 is 2.63 bits per heavy atom. The van der Waals surface area contributed by atoms with Crippen molar-refractivity contribution >= 4 is 27.5 Å². The molecule has 0 radical (unpaired) electrons. The van der Waals surface area contributed by atoms with Crippen LogP contribution in [0.5, 0.6) is 0 Å². The number of aromatic nitrogens is 2. The predicted octanol–water partition coefficient (Wildman–Crippen LogP) is 5.08. The van der Waals surface area contributed by atoms with Crippen molar-refractivity contribution in [3.63, 3.8) is 0 Å². The molecule has 0 saturated heterocycles. The molecule has 0 unspecified atom stereocenters. The average molecular weight is 340 g/mol. The van der Waals surface area contributed by atoms with Gasteiger partial charge in [-0.25, -0.2) is 9.97 Å². The molecule has 0 aliphatic heterocycles. The van der Waals surface area contributed by atoms with Gasteiger partial charge in [0.2, 0.25) is 0 Å². The minimum Gasteiger partial charge on any atom is -0.236 e. The van der Waals surface area contributed by atoms with Gasteiger partial charge in [-0.05, 0) is 36.6 Å². The molecule has 0 bridgehead atoms. The summed E-state index contributed by atoms with van der Waals surface area (Å²) in [5.41, 5.74) is 4.26. The van der Waals surface area contributed by atoms with Crippen LogP contribution in [0.15, 0.2) is 28.9 Å². The minimum atomic E-state index is 0.339. The molecule has 0 fully saturated rings. The Labute approximate surface area is 127 Å². The Balaban J connectivity index is 2.54. The second-order valence-electron chi connectivity index (χ2n) is 4.85. The van der Waals surface area contributed by atoms with Gasteiger partial charge in [0, 0.05) is 21.8 Å². The molecule has 2 rings (SSSR count). The van der Waals surface area contributed by atoms with E-state index < -0.39 is 0 Å². The third kappa shape index (κ3) is 3.15. The highest BCUT2D eigenvalue weighted by Crippen LogP contribution is 2.26. The van der Waals surface area contributed by atoms with E-state index in [9.17, 15) is 0 Å². The molecule has 2 nitrogen and oxygen atoms in total. The van der Waals surface area contributed by atoms with Crippen LogP contribution in [-0.4, -0.2) is 9.97 Å². The van der Waals surface area contributed by atoms with Crippen LogP contribution in [0, 0.1) is 6.92 Å². The first-order valence-electron chi connectivity index (χ1n) is 6.21. The summed E-state index contributed by atoms with van der Waals surface area (Å²) in [7, 11) is 0. The first kappa shape index (κ1) is 14.5. The monoisotopic (exact) mass is 338 g/mol. The molecule has 0 saturated carbocycles. The number of hydrogen-bond acceptors (Lipinski definition) is 2. The van der Waals surface area contributed by atoms with E-state index in [4.69, 9.17) is 16.6 Å². The molecule has 100 valence electrons. The first-order chi connectivity index (χ1) is 9.02. The summed E-state index contributed by atoms with van der Waals surface area (Å²) in [4.78, 5) is 9.14. The number of nitrogens with zero attached hydrogens (tertiary/aromatic N) is 2. The summed E-state index contributed by atoms with van der Waals surface area (Å²) in [6.45, 7) is 6.31. The summed E-state index contributed by atoms with van der Waals surface area (Å²) in [6.07, 6.45) is 1.84. The fourth-order valence-electron chi connectivity index (χ4n) is 2.03. The molecule has 0 amide bonds. The number of hydrogen-bond donors (Lipinski definition) is 0. The van der Waals surface area contributed by atoms with Crippen molar-refractivity contribution in [2.75, 3.05) is 0 Å². The van der Waals surface area contributed by atoms with Crippen LogP contribution in [-0.2, 0) is 5.88 Å². The van der Waals surface area contributed by atoms with Gasteiger partial charge in [-0.3, -0.25) is 0 Å². The maximum absolute atomic E-state index is 5.94. The number of aryl methyl sites for hydroxylation is 1. The maximum atomic E-state index is 5.94. The Hall–Kier alpha value is -0.930. The highest BCUT2D eigenvalue weighted by atomic mass is 79.9. The van der Waals surface area contributed by atoms with Gasteiger partial charge in [0.25, 0.3) is 0 Å². The standard InChI is InChI=1S/C15H16BrClN2/c1-9(2)14-11(7-17)8-18-15(19-14)13-5-4-12(16)6-10(13)3/h4-6,8-9H,7H2,1-3H3. The van der Waals surface area contributed by atoms with E-state index in [1.807, 2.05) is 18.3 Å². The second-order valence-corrected chi connectivity index (χ2v) is 6.03. The van der Waals surface area contributed by atoms with E-state index >= 15 is 0 Å². The molecule has 1 aromatic carbocycles. The summed E-state index contributed by atoms with van der Waals surface area (Å²) in [6, 6.07) is 6.12. The van der Waals surface area contributed by atoms with Gasteiger partial charge >= 0.3 is 0 Å². The third-order valence-corrected chi connectivity index (χ3v) is 3.80. The van der Waals surface area contributed by atoms with Gasteiger partial charge in [0.05, 0.1) is 11.6 Å². The first-order valence-corrected chi connectivity index (χ1v) is 7.54. The van der Waals surface area contributed by atoms with Crippen molar-refractivity contribution in [3.8, 4) is 11.4 Å². The van der Waals surface area contributed by atoms with Crippen molar-refractivity contribution < 1.29 is 0 Å². The molecule has 4 heteroatoms. The van der Waals surface area contributed by atoms with E-state index in [1.54, 1.807) is 0 Å². The van der Waals surface area contributed by atoms with Crippen LogP contribution in [0.1, 0.15) is 36.6 Å². The van der Waals surface area contributed by atoms with Crippen LogP contribution in [0.4, 0.5) is 0 Å². The molecule has 1 heterocycles. The number of benzene rings is 1. The lowest BCUT2D eigenvalue weighted by atomic mass is 10.0. The fraction of sp³-hybridized carbons (Fsp3) is 0.333. The number of rotatable bonds is 3. The average Bonchev–Trinajstić information content (AvgIpc) is 2.38. The van der Waals surface area contributed by atoms with Crippen LogP contribution >= 0.6 is 27.5 Å². The molecule has 19 heavy (non-hydrogen) atoms. The zero-order valence-corrected chi connectivity index (χ0v) is 13.6. The van der Waals surface area contributed by atoms with Gasteiger partial charge in [0.15, 0.2) is 5.82 Å². The van der Waals surface area contributed by atoms with Crippen LogP contribution < -0.4 is 0 Å². The van der Waals surface area contributed by atoms with E-state index in [0.29, 0.717) is 11.8 Å². The highest BCUT2D eigenvalue weighted by Gasteiger charge is 2.12. The molecule has 0 aliphatic carbocycles. The van der Waals surface area contributed by atoms with Crippen molar-refractivity contribution in [3.05, 3.63) is 45.7 Å². The Morgan fingerprint density at radius 1 is 1.32 bits per heavy atom. The Bertz CT molecular complexity index is 597. The summed E-state index contributed by atoms with van der Waals surface area (Å²) < 4.78 is 1.07. The molecular formula is C15H16BrClN2. The zero-order valence-electron chi connectivity index (χ0n) is 11.2. The smallest absolute Gasteiger partial charge is 0.159 e. The van der Waals surface area contributed by atoms with Crippen molar-refractivity contribution in [1.29, 1.82) is 0 Å². The van der Waals surface area contributed by atoms with E-state index in [2.05, 4.69) is 47.8 Å². The Morgan fingerprint density at radius 2 is 2.05 bits per heavy atom. The summed E-state index contributed by atoms with van der Waals surface area (Å²) >= 11 is 9.41. The van der Waals surface area contributed by atoms with Crippen LogP contribution in [0.25, 0.3) is 11.4 Å². The SMILES string of the molecule is Cc1cc(Br)ccc1-c1ncc(CCl)c(C(C)C)n1. The molecule has 2 aromatic rings. The molecule has 0 N–H and O–H groups in total. The molecule has 0 aliphatic rings. The number of alkyl halides is 1. The van der Waals surface area contributed by atoms with E-state index in [-0.39, 0.29) is 0 Å². The van der Waals surface area contributed by atoms with Gasteiger partial charge in [-0.2, -0.15) is 0 Å². The quantitative estimate of drug-likeness (QED) is 0.729. The van der Waals surface area contributed by atoms with Crippen LogP contribution in [0.3, 0.4) is 0 Å². The lowest BCUT2D eigenvalue weighted by Crippen LogP contribution is -2.03. The summed E-state index contributed by atoms with van der Waals surface area (Å²) in [5.74, 6) is 1.56. The van der Waals surface area contributed by atoms with Gasteiger partial charge in [-0.15, -0.1) is 11.6 Å². The third-order valence-electron chi connectivity index (χ3n) is 3.02. The largest absolute Gasteiger partial charge is 0.236 e. The van der Waals surface area contributed by atoms with E-state index in [0.717, 1.165) is 32.7 Å². The van der Waals surface area contributed by atoms with Crippen molar-refractivity contribution in [2.24, 2.45) is 0 Å². The van der Waals surface area contributed by atoms with Gasteiger partial charge < -0.3 is 0 Å². The molecular weight excluding hydrogens is 324 g/mol. The van der Waals surface area contributed by atoms with E-state index in [1.165, 1.54) is 0 Å². The van der Waals surface area contributed by atoms with Crippen LogP contribution in [0.2, 0.25) is 0 Å². The second kappa shape index (κ2) is 6.02. The minimum absolute atomic E-state index is 0.339. The summed E-state index contributed by atoms with van der Waals surface area (Å²) in [5, 5.41) is 0. The molecule has 0 atom stereocenters. The molecule has 0 spiro atoms. The van der Waals surface area contributed by atoms with Crippen molar-refractivity contribution in [2.45, 2.75) is 32.6 Å². The predicted molar refractivity (Wildman–Crippen MR) is 83.6 cm³/mol. The van der Waals surface area contributed by atoms with Gasteiger partial charge in [-0.1, -0.05) is 29.8 Å². The van der Waals surface area contributed by atoms with Crippen molar-refractivity contribution in [1.82, 2.24) is 9.97 Å². The topological polar surface area (TPSA) is 25.8 Å². The Kier molecular flexibility index (Phi) is 4.58. The van der Waals surface area contributed by atoms with Gasteiger partial charge in [0.1, 0.15) is 0 Å². The maximum Gasteiger partial charge on any atom is 0.159 e.